The number of rotatable bonds is 4. The Kier molecular flexibility index (Phi) is 5.30. The molecule has 1 fully saturated rings. The van der Waals surface area contributed by atoms with Gasteiger partial charge in [0.05, 0.1) is 18.0 Å². The van der Waals surface area contributed by atoms with Crippen molar-refractivity contribution in [1.29, 1.82) is 0 Å². The molecule has 0 aliphatic carbocycles. The Balaban J connectivity index is 1.63. The average molecular weight is 420 g/mol. The van der Waals surface area contributed by atoms with Gasteiger partial charge in [0, 0.05) is 39.5 Å². The molecule has 2 aromatic rings. The highest BCUT2D eigenvalue weighted by atomic mass is 32.2. The van der Waals surface area contributed by atoms with E-state index in [2.05, 4.69) is 10.2 Å². The summed E-state index contributed by atoms with van der Waals surface area (Å²) in [5.41, 5.74) is 0. The molecule has 3 heterocycles. The molecule has 2 aliphatic heterocycles. The summed E-state index contributed by atoms with van der Waals surface area (Å²) in [4.78, 5) is 13.8. The van der Waals surface area contributed by atoms with Crippen LogP contribution in [0.3, 0.4) is 0 Å². The van der Waals surface area contributed by atoms with Crippen LogP contribution in [0.2, 0.25) is 0 Å². The molecule has 156 valence electrons. The van der Waals surface area contributed by atoms with Gasteiger partial charge in [-0.15, -0.1) is 10.2 Å². The molecule has 10 heteroatoms. The summed E-state index contributed by atoms with van der Waals surface area (Å²) >= 11 is 0. The van der Waals surface area contributed by atoms with Gasteiger partial charge in [0.2, 0.25) is 15.9 Å². The van der Waals surface area contributed by atoms with Gasteiger partial charge >= 0.3 is 0 Å². The molecule has 4 rings (SSSR count). The topological polar surface area (TPSA) is 97.6 Å². The van der Waals surface area contributed by atoms with Crippen molar-refractivity contribution in [3.05, 3.63) is 35.9 Å². The van der Waals surface area contributed by atoms with Crippen molar-refractivity contribution < 1.29 is 17.9 Å². The van der Waals surface area contributed by atoms with Gasteiger partial charge in [-0.3, -0.25) is 4.79 Å². The molecule has 0 N–H and O–H groups in total. The van der Waals surface area contributed by atoms with Crippen LogP contribution in [0.5, 0.6) is 5.75 Å². The quantitative estimate of drug-likeness (QED) is 0.739. The molecule has 0 spiro atoms. The number of nitrogens with zero attached hydrogens (tertiary/aromatic N) is 5. The summed E-state index contributed by atoms with van der Waals surface area (Å²) in [7, 11) is -2.12. The van der Waals surface area contributed by atoms with E-state index >= 15 is 0 Å². The van der Waals surface area contributed by atoms with Crippen LogP contribution < -0.4 is 4.74 Å². The normalized spacial score (nSPS) is 20.3. The largest absolute Gasteiger partial charge is 0.497 e. The van der Waals surface area contributed by atoms with Crippen LogP contribution >= 0.6 is 0 Å². The van der Waals surface area contributed by atoms with E-state index in [0.29, 0.717) is 50.6 Å². The van der Waals surface area contributed by atoms with Gasteiger partial charge in [0.1, 0.15) is 11.6 Å². The molecular weight excluding hydrogens is 394 g/mol. The number of carbonyl (C=O) groups excluding carboxylic acids is 1. The first-order valence-electron chi connectivity index (χ1n) is 9.75. The highest BCUT2D eigenvalue weighted by molar-refractivity contribution is 7.89. The predicted octanol–water partition coefficient (Wildman–Crippen LogP) is 1.22. The van der Waals surface area contributed by atoms with Gasteiger partial charge in [0.25, 0.3) is 0 Å². The number of carbonyl (C=O) groups is 1. The third-order valence-corrected chi connectivity index (χ3v) is 7.59. The number of methoxy groups -OCH3 is 1. The maximum absolute atomic E-state index is 13.3. The molecule has 9 nitrogen and oxygen atoms in total. The van der Waals surface area contributed by atoms with Crippen LogP contribution in [-0.2, 0) is 27.8 Å². The van der Waals surface area contributed by atoms with Crippen molar-refractivity contribution in [3.8, 4) is 5.75 Å². The van der Waals surface area contributed by atoms with Crippen LogP contribution in [0.4, 0.5) is 0 Å². The maximum atomic E-state index is 13.3. The first kappa shape index (κ1) is 19.8. The molecule has 1 atom stereocenters. The summed E-state index contributed by atoms with van der Waals surface area (Å²) in [6, 6.07) is 6.08. The van der Waals surface area contributed by atoms with Gasteiger partial charge in [-0.1, -0.05) is 0 Å². The summed E-state index contributed by atoms with van der Waals surface area (Å²) in [5.74, 6) is 2.12. The third-order valence-electron chi connectivity index (χ3n) is 5.67. The monoisotopic (exact) mass is 419 g/mol. The van der Waals surface area contributed by atoms with E-state index < -0.39 is 10.0 Å². The first-order valence-corrected chi connectivity index (χ1v) is 11.2. The molecule has 29 heavy (non-hydrogen) atoms. The Morgan fingerprint density at radius 1 is 1.10 bits per heavy atom. The fraction of sp³-hybridized carbons (Fsp3) is 0.526. The van der Waals surface area contributed by atoms with Gasteiger partial charge in [-0.05, 0) is 37.1 Å². The number of benzene rings is 1. The number of amides is 1. The molecule has 1 aromatic carbocycles. The van der Waals surface area contributed by atoms with Crippen molar-refractivity contribution in [2.75, 3.05) is 26.7 Å². The molecule has 1 unspecified atom stereocenters. The minimum absolute atomic E-state index is 0.0369. The lowest BCUT2D eigenvalue weighted by Gasteiger charge is -2.24. The molecular formula is C19H25N5O4S. The molecule has 1 aromatic heterocycles. The van der Waals surface area contributed by atoms with Crippen molar-refractivity contribution in [2.24, 2.45) is 0 Å². The highest BCUT2D eigenvalue weighted by Crippen LogP contribution is 2.36. The summed E-state index contributed by atoms with van der Waals surface area (Å²) in [6.07, 6.45) is 2.08. The second-order valence-corrected chi connectivity index (χ2v) is 9.22. The molecule has 2 aliphatic rings. The Bertz CT molecular complexity index is 1000. The highest BCUT2D eigenvalue weighted by Gasteiger charge is 2.39. The SMILES string of the molecule is COc1ccc(S(=O)(=O)N2CCCC2c2nnc3n2CCN(C(C)=O)CC3)cc1. The summed E-state index contributed by atoms with van der Waals surface area (Å²) in [6.45, 7) is 3.76. The zero-order chi connectivity index (χ0) is 20.6. The minimum Gasteiger partial charge on any atom is -0.497 e. The Morgan fingerprint density at radius 2 is 1.86 bits per heavy atom. The number of fused-ring (bicyclic) bond motifs is 1. The van der Waals surface area contributed by atoms with E-state index in [1.54, 1.807) is 43.2 Å². The van der Waals surface area contributed by atoms with Crippen LogP contribution in [0.1, 0.15) is 37.5 Å². The van der Waals surface area contributed by atoms with Crippen molar-refractivity contribution >= 4 is 15.9 Å². The molecule has 1 amide bonds. The Labute approximate surface area is 170 Å². The van der Waals surface area contributed by atoms with E-state index in [0.717, 1.165) is 12.2 Å². The Morgan fingerprint density at radius 3 is 2.55 bits per heavy atom. The van der Waals surface area contributed by atoms with E-state index in [1.807, 2.05) is 4.57 Å². The molecule has 1 saturated heterocycles. The maximum Gasteiger partial charge on any atom is 0.243 e. The zero-order valence-corrected chi connectivity index (χ0v) is 17.4. The summed E-state index contributed by atoms with van der Waals surface area (Å²) < 4.78 is 35.2. The Hall–Kier alpha value is -2.46. The molecule has 0 bridgehead atoms. The number of ether oxygens (including phenoxy) is 1. The van der Waals surface area contributed by atoms with Crippen molar-refractivity contribution in [1.82, 2.24) is 24.0 Å². The number of aromatic nitrogens is 3. The lowest BCUT2D eigenvalue weighted by atomic mass is 10.2. The smallest absolute Gasteiger partial charge is 0.243 e. The van der Waals surface area contributed by atoms with Crippen molar-refractivity contribution in [2.45, 2.75) is 43.7 Å². The molecule has 0 radical (unpaired) electrons. The average Bonchev–Trinajstić information content (AvgIpc) is 3.30. The number of sulfonamides is 1. The zero-order valence-electron chi connectivity index (χ0n) is 16.6. The first-order chi connectivity index (χ1) is 13.9. The summed E-state index contributed by atoms with van der Waals surface area (Å²) in [5, 5.41) is 8.66. The fourth-order valence-electron chi connectivity index (χ4n) is 4.08. The van der Waals surface area contributed by atoms with Crippen LogP contribution in [-0.4, -0.2) is 65.0 Å². The van der Waals surface area contributed by atoms with Crippen LogP contribution in [0.15, 0.2) is 29.2 Å². The second-order valence-electron chi connectivity index (χ2n) is 7.33. The predicted molar refractivity (Wildman–Crippen MR) is 105 cm³/mol. The third kappa shape index (κ3) is 3.62. The number of hydrogen-bond donors (Lipinski definition) is 0. The van der Waals surface area contributed by atoms with Crippen molar-refractivity contribution in [3.63, 3.8) is 0 Å². The second kappa shape index (κ2) is 7.75. The van der Waals surface area contributed by atoms with E-state index in [9.17, 15) is 13.2 Å². The van der Waals surface area contributed by atoms with Crippen LogP contribution in [0.25, 0.3) is 0 Å². The van der Waals surface area contributed by atoms with E-state index in [1.165, 1.54) is 4.31 Å². The van der Waals surface area contributed by atoms with Gasteiger partial charge in [-0.25, -0.2) is 8.42 Å². The lowest BCUT2D eigenvalue weighted by molar-refractivity contribution is -0.128. The lowest BCUT2D eigenvalue weighted by Crippen LogP contribution is -2.33. The van der Waals surface area contributed by atoms with E-state index in [-0.39, 0.29) is 16.8 Å². The van der Waals surface area contributed by atoms with Gasteiger partial charge in [-0.2, -0.15) is 4.31 Å². The van der Waals surface area contributed by atoms with Crippen LogP contribution in [0, 0.1) is 0 Å². The van der Waals surface area contributed by atoms with E-state index in [4.69, 9.17) is 4.74 Å². The fourth-order valence-corrected chi connectivity index (χ4v) is 5.73. The van der Waals surface area contributed by atoms with Gasteiger partial charge in [0.15, 0.2) is 5.82 Å². The van der Waals surface area contributed by atoms with Gasteiger partial charge < -0.3 is 14.2 Å². The standard InChI is InChI=1S/C19H25N5O4S/c1-14(25)22-11-9-18-20-21-19(23(18)13-12-22)17-4-3-10-24(17)29(26,27)16-7-5-15(28-2)6-8-16/h5-8,17H,3-4,9-13H2,1-2H3. The number of hydrogen-bond acceptors (Lipinski definition) is 6. The minimum atomic E-state index is -3.67. The molecule has 0 saturated carbocycles.